The van der Waals surface area contributed by atoms with Gasteiger partial charge in [-0.1, -0.05) is 65.3 Å². The van der Waals surface area contributed by atoms with Crippen LogP contribution in [0, 0.1) is 0 Å². The minimum atomic E-state index is -0.573. The van der Waals surface area contributed by atoms with Gasteiger partial charge < -0.3 is 15.4 Å². The predicted octanol–water partition coefficient (Wildman–Crippen LogP) is 6.81. The van der Waals surface area contributed by atoms with Gasteiger partial charge in [-0.15, -0.1) is 5.10 Å². The van der Waals surface area contributed by atoms with Crippen LogP contribution in [0.25, 0.3) is 0 Å². The van der Waals surface area contributed by atoms with Gasteiger partial charge in [0.15, 0.2) is 0 Å². The number of thioether (sulfide) groups is 1. The van der Waals surface area contributed by atoms with Crippen LogP contribution in [0.5, 0.6) is 5.75 Å². The molecule has 0 radical (unpaired) electrons. The first kappa shape index (κ1) is 25.2. The molecular formula is C27H23Cl2N5O2S. The summed E-state index contributed by atoms with van der Waals surface area (Å²) in [6.07, 6.45) is 0. The Morgan fingerprint density at radius 3 is 2.62 bits per heavy atom. The topological polar surface area (TPSA) is 81.1 Å². The number of nitrogens with zero attached hydrogens (tertiary/aromatic N) is 3. The minimum Gasteiger partial charge on any atom is -0.497 e. The van der Waals surface area contributed by atoms with Gasteiger partial charge in [0.25, 0.3) is 5.91 Å². The number of carbonyl (C=O) groups excluding carboxylic acids is 1. The summed E-state index contributed by atoms with van der Waals surface area (Å²) in [7, 11) is 1.60. The van der Waals surface area contributed by atoms with E-state index in [4.69, 9.17) is 33.0 Å². The number of rotatable bonds is 7. The third-order valence-corrected chi connectivity index (χ3v) is 7.37. The highest BCUT2D eigenvalue weighted by atomic mass is 35.5. The van der Waals surface area contributed by atoms with Crippen molar-refractivity contribution >= 4 is 52.5 Å². The molecule has 0 aliphatic carbocycles. The molecule has 2 N–H and O–H groups in total. The monoisotopic (exact) mass is 551 g/mol. The van der Waals surface area contributed by atoms with E-state index < -0.39 is 6.04 Å². The fourth-order valence-electron chi connectivity index (χ4n) is 4.12. The number of amides is 1. The van der Waals surface area contributed by atoms with Crippen molar-refractivity contribution in [2.75, 3.05) is 17.7 Å². The van der Waals surface area contributed by atoms with Gasteiger partial charge in [-0.05, 0) is 55.0 Å². The molecule has 3 aromatic carbocycles. The number of nitrogens with one attached hydrogen (secondary N) is 2. The Kier molecular flexibility index (Phi) is 7.41. The zero-order valence-electron chi connectivity index (χ0n) is 20.0. The highest BCUT2D eigenvalue weighted by molar-refractivity contribution is 7.98. The van der Waals surface area contributed by atoms with Crippen molar-refractivity contribution in [3.05, 3.63) is 105 Å². The van der Waals surface area contributed by atoms with Crippen molar-refractivity contribution in [3.8, 4) is 5.75 Å². The maximum absolute atomic E-state index is 13.6. The van der Waals surface area contributed by atoms with E-state index in [1.807, 2.05) is 49.4 Å². The summed E-state index contributed by atoms with van der Waals surface area (Å²) in [6, 6.07) is 21.7. The SMILES string of the molecule is COc1ccc(NC(=O)C2=C(C)Nc3nc(SCc4cccc(Cl)c4)nn3[C@H]2c2ccccc2Cl)cc1. The number of hydrogen-bond donors (Lipinski definition) is 2. The molecule has 1 atom stereocenters. The van der Waals surface area contributed by atoms with E-state index in [2.05, 4.69) is 15.6 Å². The number of halogens is 2. The Balaban J connectivity index is 1.48. The Morgan fingerprint density at radius 2 is 1.89 bits per heavy atom. The van der Waals surface area contributed by atoms with Crippen molar-refractivity contribution in [1.29, 1.82) is 0 Å². The lowest BCUT2D eigenvalue weighted by atomic mass is 9.95. The second-order valence-corrected chi connectivity index (χ2v) is 10.1. The molecule has 37 heavy (non-hydrogen) atoms. The molecular weight excluding hydrogens is 529 g/mol. The number of ether oxygens (including phenoxy) is 1. The Bertz CT molecular complexity index is 1490. The molecule has 1 aromatic heterocycles. The van der Waals surface area contributed by atoms with Crippen LogP contribution in [-0.4, -0.2) is 27.8 Å². The van der Waals surface area contributed by atoms with E-state index in [1.54, 1.807) is 42.1 Å². The second kappa shape index (κ2) is 10.9. The van der Waals surface area contributed by atoms with E-state index in [0.29, 0.717) is 49.6 Å². The molecule has 5 rings (SSSR count). The van der Waals surface area contributed by atoms with Crippen LogP contribution in [0.4, 0.5) is 11.6 Å². The maximum atomic E-state index is 13.6. The standard InChI is InChI=1S/C27H23Cl2N5O2S/c1-16-23(25(35)31-19-10-12-20(36-2)13-11-19)24(21-8-3-4-9-22(21)29)34-26(30-16)32-27(33-34)37-15-17-6-5-7-18(28)14-17/h3-14,24H,15H2,1-2H3,(H,31,35)(H,30,32,33)/t24-/m0/s1. The summed E-state index contributed by atoms with van der Waals surface area (Å²) >= 11 is 14.2. The molecule has 0 saturated carbocycles. The van der Waals surface area contributed by atoms with Gasteiger partial charge in [0.1, 0.15) is 11.8 Å². The summed E-state index contributed by atoms with van der Waals surface area (Å²) in [6.45, 7) is 1.85. The van der Waals surface area contributed by atoms with E-state index in [9.17, 15) is 4.79 Å². The van der Waals surface area contributed by atoms with Crippen LogP contribution in [0.1, 0.15) is 24.1 Å². The number of allylic oxidation sites excluding steroid dienone is 1. The van der Waals surface area contributed by atoms with Gasteiger partial charge in [-0.2, -0.15) is 4.98 Å². The molecule has 0 bridgehead atoms. The zero-order valence-corrected chi connectivity index (χ0v) is 22.4. The van der Waals surface area contributed by atoms with E-state index in [1.165, 1.54) is 11.8 Å². The van der Waals surface area contributed by atoms with Crippen LogP contribution < -0.4 is 15.4 Å². The fraction of sp³-hybridized carbons (Fsp3) is 0.148. The molecule has 1 amide bonds. The third-order valence-electron chi connectivity index (χ3n) is 5.88. The molecule has 0 spiro atoms. The third kappa shape index (κ3) is 5.46. The first-order valence-electron chi connectivity index (χ1n) is 11.4. The van der Waals surface area contributed by atoms with Crippen LogP contribution in [0.2, 0.25) is 10.0 Å². The van der Waals surface area contributed by atoms with Gasteiger partial charge in [0.2, 0.25) is 11.1 Å². The molecule has 7 nitrogen and oxygen atoms in total. The molecule has 0 saturated heterocycles. The van der Waals surface area contributed by atoms with Gasteiger partial charge in [0.05, 0.1) is 12.7 Å². The zero-order chi connectivity index (χ0) is 25.9. The summed E-state index contributed by atoms with van der Waals surface area (Å²) in [5.74, 6) is 1.63. The number of aromatic nitrogens is 3. The lowest BCUT2D eigenvalue weighted by Crippen LogP contribution is -2.31. The molecule has 188 valence electrons. The first-order chi connectivity index (χ1) is 17.9. The first-order valence-corrected chi connectivity index (χ1v) is 13.2. The predicted molar refractivity (Wildman–Crippen MR) is 149 cm³/mol. The van der Waals surface area contributed by atoms with Crippen LogP contribution >= 0.6 is 35.0 Å². The van der Waals surface area contributed by atoms with Gasteiger partial charge in [-0.3, -0.25) is 4.79 Å². The highest BCUT2D eigenvalue weighted by Gasteiger charge is 2.35. The lowest BCUT2D eigenvalue weighted by molar-refractivity contribution is -0.113. The number of carbonyl (C=O) groups is 1. The number of fused-ring (bicyclic) bond motifs is 1. The van der Waals surface area contributed by atoms with Crippen molar-refractivity contribution < 1.29 is 9.53 Å². The average Bonchev–Trinajstić information content (AvgIpc) is 3.30. The average molecular weight is 552 g/mol. The molecule has 2 heterocycles. The van der Waals surface area contributed by atoms with Gasteiger partial charge in [-0.25, -0.2) is 4.68 Å². The van der Waals surface area contributed by atoms with Crippen molar-refractivity contribution in [2.45, 2.75) is 23.9 Å². The van der Waals surface area contributed by atoms with Crippen LogP contribution in [0.15, 0.2) is 89.2 Å². The molecule has 10 heteroatoms. The van der Waals surface area contributed by atoms with Crippen LogP contribution in [0.3, 0.4) is 0 Å². The quantitative estimate of drug-likeness (QED) is 0.245. The molecule has 4 aromatic rings. The van der Waals surface area contributed by atoms with Crippen molar-refractivity contribution in [1.82, 2.24) is 14.8 Å². The normalized spacial score (nSPS) is 14.6. The van der Waals surface area contributed by atoms with E-state index in [0.717, 1.165) is 11.1 Å². The smallest absolute Gasteiger partial charge is 0.255 e. The lowest BCUT2D eigenvalue weighted by Gasteiger charge is -2.29. The van der Waals surface area contributed by atoms with Gasteiger partial charge >= 0.3 is 0 Å². The number of methoxy groups -OCH3 is 1. The van der Waals surface area contributed by atoms with Gasteiger partial charge in [0, 0.05) is 32.7 Å². The number of anilines is 2. The summed E-state index contributed by atoms with van der Waals surface area (Å²) < 4.78 is 6.94. The van der Waals surface area contributed by atoms with Crippen molar-refractivity contribution in [3.63, 3.8) is 0 Å². The second-order valence-electron chi connectivity index (χ2n) is 8.35. The molecule has 1 aliphatic heterocycles. The number of hydrogen-bond acceptors (Lipinski definition) is 6. The van der Waals surface area contributed by atoms with E-state index >= 15 is 0 Å². The number of benzene rings is 3. The van der Waals surface area contributed by atoms with E-state index in [-0.39, 0.29) is 5.91 Å². The molecule has 1 aliphatic rings. The maximum Gasteiger partial charge on any atom is 0.255 e. The Morgan fingerprint density at radius 1 is 1.11 bits per heavy atom. The molecule has 0 fully saturated rings. The molecule has 0 unspecified atom stereocenters. The van der Waals surface area contributed by atoms with Crippen LogP contribution in [-0.2, 0) is 10.5 Å². The highest BCUT2D eigenvalue weighted by Crippen LogP contribution is 2.39. The summed E-state index contributed by atoms with van der Waals surface area (Å²) in [4.78, 5) is 18.3. The summed E-state index contributed by atoms with van der Waals surface area (Å²) in [5, 5.41) is 12.8. The Labute approximate surface area is 228 Å². The Hall–Kier alpha value is -3.46. The minimum absolute atomic E-state index is 0.269. The summed E-state index contributed by atoms with van der Waals surface area (Å²) in [5.41, 5.74) is 3.62. The largest absolute Gasteiger partial charge is 0.497 e. The fourth-order valence-corrected chi connectivity index (χ4v) is 5.34. The van der Waals surface area contributed by atoms with Crippen molar-refractivity contribution in [2.24, 2.45) is 0 Å².